The van der Waals surface area contributed by atoms with Crippen molar-refractivity contribution < 1.29 is 15.0 Å². The van der Waals surface area contributed by atoms with E-state index in [0.717, 1.165) is 11.1 Å². The van der Waals surface area contributed by atoms with Gasteiger partial charge in [0.25, 0.3) is 5.91 Å². The molecular formula is C18H19NO3. The van der Waals surface area contributed by atoms with Crippen molar-refractivity contribution in [1.82, 2.24) is 4.90 Å². The summed E-state index contributed by atoms with van der Waals surface area (Å²) in [7, 11) is 1.63. The highest BCUT2D eigenvalue weighted by atomic mass is 16.3. The number of likely N-dealkylation sites (tertiary alicyclic amines) is 1. The first kappa shape index (κ1) is 14.8. The Morgan fingerprint density at radius 3 is 2.14 bits per heavy atom. The lowest BCUT2D eigenvalue weighted by Gasteiger charge is -2.30. The fourth-order valence-electron chi connectivity index (χ4n) is 3.25. The van der Waals surface area contributed by atoms with Crippen molar-refractivity contribution in [2.24, 2.45) is 0 Å². The van der Waals surface area contributed by atoms with Crippen molar-refractivity contribution in [3.8, 4) is 0 Å². The summed E-state index contributed by atoms with van der Waals surface area (Å²) in [5.41, 5.74) is 1.59. The number of aliphatic hydroxyl groups excluding tert-OH is 2. The number of carbonyl (C=O) groups excluding carboxylic acids is 1. The molecule has 1 heterocycles. The quantitative estimate of drug-likeness (QED) is 0.906. The summed E-state index contributed by atoms with van der Waals surface area (Å²) in [6.07, 6.45) is -1.98. The first-order chi connectivity index (χ1) is 10.6. The molecule has 0 radical (unpaired) electrons. The predicted octanol–water partition coefficient (Wildman–Crippen LogP) is 1.71. The molecule has 0 saturated carbocycles. The average molecular weight is 297 g/mol. The lowest BCUT2D eigenvalue weighted by molar-refractivity contribution is -0.135. The molecule has 4 nitrogen and oxygen atoms in total. The second-order valence-corrected chi connectivity index (χ2v) is 5.68. The smallest absolute Gasteiger partial charge is 0.252 e. The Balaban J connectivity index is 2.01. The van der Waals surface area contributed by atoms with Crippen LogP contribution >= 0.6 is 0 Å². The van der Waals surface area contributed by atoms with Gasteiger partial charge in [-0.3, -0.25) is 4.79 Å². The van der Waals surface area contributed by atoms with E-state index in [-0.39, 0.29) is 5.91 Å². The number of hydrogen-bond acceptors (Lipinski definition) is 3. The van der Waals surface area contributed by atoms with Crippen LogP contribution in [-0.4, -0.2) is 40.2 Å². The molecule has 2 aromatic carbocycles. The molecule has 2 aromatic rings. The standard InChI is InChI=1S/C18H19NO3/c1-19-15(16(20)13-10-6-3-7-11-13)14(17(21)18(19)22)12-8-4-2-5-9-12/h2-11,14-17,20-21H,1H3/t14-,15-,16-,17+/m1/s1. The third-order valence-electron chi connectivity index (χ3n) is 4.41. The van der Waals surface area contributed by atoms with E-state index in [9.17, 15) is 15.0 Å². The van der Waals surface area contributed by atoms with Crippen molar-refractivity contribution in [2.45, 2.75) is 24.2 Å². The van der Waals surface area contributed by atoms with Crippen molar-refractivity contribution in [1.29, 1.82) is 0 Å². The summed E-state index contributed by atoms with van der Waals surface area (Å²) in [6.45, 7) is 0. The molecule has 0 aliphatic carbocycles. The summed E-state index contributed by atoms with van der Waals surface area (Å²) in [4.78, 5) is 13.7. The van der Waals surface area contributed by atoms with E-state index < -0.39 is 24.2 Å². The van der Waals surface area contributed by atoms with Gasteiger partial charge in [0.2, 0.25) is 0 Å². The number of amides is 1. The molecule has 114 valence electrons. The number of benzene rings is 2. The molecule has 1 saturated heterocycles. The molecule has 0 aromatic heterocycles. The Bertz CT molecular complexity index is 644. The van der Waals surface area contributed by atoms with Crippen LogP contribution < -0.4 is 0 Å². The molecule has 0 bridgehead atoms. The van der Waals surface area contributed by atoms with E-state index >= 15 is 0 Å². The zero-order valence-corrected chi connectivity index (χ0v) is 12.3. The molecule has 4 atom stereocenters. The molecule has 22 heavy (non-hydrogen) atoms. The summed E-state index contributed by atoms with van der Waals surface area (Å²) >= 11 is 0. The lowest BCUT2D eigenvalue weighted by atomic mass is 9.85. The van der Waals surface area contributed by atoms with E-state index in [2.05, 4.69) is 0 Å². The van der Waals surface area contributed by atoms with E-state index in [4.69, 9.17) is 0 Å². The molecule has 0 spiro atoms. The number of hydrogen-bond donors (Lipinski definition) is 2. The molecule has 3 rings (SSSR count). The maximum atomic E-state index is 12.2. The van der Waals surface area contributed by atoms with Gasteiger partial charge in [-0.15, -0.1) is 0 Å². The van der Waals surface area contributed by atoms with Crippen LogP contribution in [0.15, 0.2) is 60.7 Å². The third kappa shape index (κ3) is 2.40. The minimum atomic E-state index is -1.13. The highest BCUT2D eigenvalue weighted by Gasteiger charge is 2.49. The normalized spacial score (nSPS) is 26.2. The van der Waals surface area contributed by atoms with Crippen LogP contribution in [0.5, 0.6) is 0 Å². The summed E-state index contributed by atoms with van der Waals surface area (Å²) in [6, 6.07) is 18.1. The maximum Gasteiger partial charge on any atom is 0.252 e. The minimum Gasteiger partial charge on any atom is -0.386 e. The second kappa shape index (κ2) is 5.91. The van der Waals surface area contributed by atoms with Crippen LogP contribution in [0, 0.1) is 0 Å². The first-order valence-corrected chi connectivity index (χ1v) is 7.34. The van der Waals surface area contributed by atoms with Crippen molar-refractivity contribution >= 4 is 5.91 Å². The summed E-state index contributed by atoms with van der Waals surface area (Å²) in [5, 5.41) is 21.1. The molecule has 2 N–H and O–H groups in total. The highest BCUT2D eigenvalue weighted by molar-refractivity contribution is 5.85. The van der Waals surface area contributed by atoms with E-state index in [1.165, 1.54) is 4.90 Å². The van der Waals surface area contributed by atoms with Gasteiger partial charge in [0.15, 0.2) is 0 Å². The minimum absolute atomic E-state index is 0.353. The Morgan fingerprint density at radius 2 is 1.55 bits per heavy atom. The van der Waals surface area contributed by atoms with Crippen LogP contribution in [0.2, 0.25) is 0 Å². The van der Waals surface area contributed by atoms with Gasteiger partial charge in [0.1, 0.15) is 12.2 Å². The zero-order chi connectivity index (χ0) is 15.7. The Hall–Kier alpha value is -2.17. The van der Waals surface area contributed by atoms with Crippen molar-refractivity contribution in [3.05, 3.63) is 71.8 Å². The largest absolute Gasteiger partial charge is 0.386 e. The topological polar surface area (TPSA) is 60.8 Å². The first-order valence-electron chi connectivity index (χ1n) is 7.34. The van der Waals surface area contributed by atoms with Gasteiger partial charge in [0.05, 0.1) is 6.04 Å². The van der Waals surface area contributed by atoms with Gasteiger partial charge in [-0.1, -0.05) is 60.7 Å². The Morgan fingerprint density at radius 1 is 1.00 bits per heavy atom. The predicted molar refractivity (Wildman–Crippen MR) is 83.1 cm³/mol. The monoisotopic (exact) mass is 297 g/mol. The lowest BCUT2D eigenvalue weighted by Crippen LogP contribution is -2.36. The van der Waals surface area contributed by atoms with Gasteiger partial charge in [0, 0.05) is 13.0 Å². The number of aliphatic hydroxyl groups is 2. The Kier molecular flexibility index (Phi) is 3.96. The van der Waals surface area contributed by atoms with Gasteiger partial charge in [-0.05, 0) is 11.1 Å². The van der Waals surface area contributed by atoms with Crippen molar-refractivity contribution in [3.63, 3.8) is 0 Å². The van der Waals surface area contributed by atoms with Gasteiger partial charge < -0.3 is 15.1 Å². The second-order valence-electron chi connectivity index (χ2n) is 5.68. The number of rotatable bonds is 3. The molecule has 1 fully saturated rings. The molecule has 1 aliphatic rings. The van der Waals surface area contributed by atoms with E-state index in [0.29, 0.717) is 0 Å². The molecule has 1 amide bonds. The third-order valence-corrected chi connectivity index (χ3v) is 4.41. The highest BCUT2D eigenvalue weighted by Crippen LogP contribution is 2.40. The molecular weight excluding hydrogens is 278 g/mol. The molecule has 1 aliphatic heterocycles. The van der Waals surface area contributed by atoms with Crippen LogP contribution in [0.4, 0.5) is 0 Å². The molecule has 0 unspecified atom stereocenters. The van der Waals surface area contributed by atoms with E-state index in [1.807, 2.05) is 60.7 Å². The van der Waals surface area contributed by atoms with Gasteiger partial charge in [-0.2, -0.15) is 0 Å². The van der Waals surface area contributed by atoms with Crippen LogP contribution in [0.1, 0.15) is 23.1 Å². The summed E-state index contributed by atoms with van der Waals surface area (Å²) in [5.74, 6) is -0.803. The van der Waals surface area contributed by atoms with Crippen LogP contribution in [0.25, 0.3) is 0 Å². The average Bonchev–Trinajstić information content (AvgIpc) is 2.80. The number of carbonyl (C=O) groups is 1. The van der Waals surface area contributed by atoms with Gasteiger partial charge in [-0.25, -0.2) is 0 Å². The van der Waals surface area contributed by atoms with Crippen molar-refractivity contribution in [2.75, 3.05) is 7.05 Å². The molecule has 4 heteroatoms. The Labute approximate surface area is 129 Å². The summed E-state index contributed by atoms with van der Waals surface area (Å²) < 4.78 is 0. The van der Waals surface area contributed by atoms with Crippen LogP contribution in [0.3, 0.4) is 0 Å². The fourth-order valence-corrected chi connectivity index (χ4v) is 3.25. The number of likely N-dealkylation sites (N-methyl/N-ethyl adjacent to an activating group) is 1. The SMILES string of the molecule is CN1C(=O)[C@@H](O)[C@H](c2ccccc2)[C@@H]1[C@H](O)c1ccccc1. The fraction of sp³-hybridized carbons (Fsp3) is 0.278. The maximum absolute atomic E-state index is 12.2. The van der Waals surface area contributed by atoms with Gasteiger partial charge >= 0.3 is 0 Å². The van der Waals surface area contributed by atoms with Crippen LogP contribution in [-0.2, 0) is 4.79 Å². The van der Waals surface area contributed by atoms with E-state index in [1.54, 1.807) is 7.05 Å². The number of nitrogens with zero attached hydrogens (tertiary/aromatic N) is 1. The zero-order valence-electron chi connectivity index (χ0n) is 12.3.